The second kappa shape index (κ2) is 5.82. The highest BCUT2D eigenvalue weighted by Crippen LogP contribution is 2.07. The molecule has 0 aliphatic rings. The molecule has 1 unspecified atom stereocenters. The Bertz CT molecular complexity index is 322. The number of pyridine rings is 1. The van der Waals surface area contributed by atoms with Gasteiger partial charge >= 0.3 is 0 Å². The Hall–Kier alpha value is -0.940. The molecule has 1 heterocycles. The van der Waals surface area contributed by atoms with E-state index in [9.17, 15) is 4.79 Å². The van der Waals surface area contributed by atoms with Gasteiger partial charge in [0.2, 0.25) is 0 Å². The molecular weight excluding hydrogens is 258 g/mol. The topological polar surface area (TPSA) is 68.0 Å². The van der Waals surface area contributed by atoms with Crippen molar-refractivity contribution in [3.05, 3.63) is 28.5 Å². The van der Waals surface area contributed by atoms with E-state index in [1.54, 1.807) is 18.3 Å². The maximum Gasteiger partial charge on any atom is 0.270 e. The highest BCUT2D eigenvalue weighted by molar-refractivity contribution is 9.10. The van der Waals surface area contributed by atoms with E-state index in [4.69, 9.17) is 5.73 Å². The highest BCUT2D eigenvalue weighted by atomic mass is 79.9. The molecule has 0 bridgehead atoms. The van der Waals surface area contributed by atoms with Crippen molar-refractivity contribution in [1.29, 1.82) is 0 Å². The zero-order chi connectivity index (χ0) is 11.3. The van der Waals surface area contributed by atoms with Gasteiger partial charge in [0.1, 0.15) is 5.69 Å². The Morgan fingerprint density at radius 1 is 1.67 bits per heavy atom. The van der Waals surface area contributed by atoms with Crippen molar-refractivity contribution in [3.8, 4) is 0 Å². The summed E-state index contributed by atoms with van der Waals surface area (Å²) < 4.78 is 0.852. The summed E-state index contributed by atoms with van der Waals surface area (Å²) in [4.78, 5) is 15.6. The van der Waals surface area contributed by atoms with Crippen LogP contribution < -0.4 is 11.1 Å². The number of nitrogens with two attached hydrogens (primary N) is 1. The summed E-state index contributed by atoms with van der Waals surface area (Å²) in [6.45, 7) is 2.42. The molecule has 0 fully saturated rings. The smallest absolute Gasteiger partial charge is 0.270 e. The van der Waals surface area contributed by atoms with Crippen LogP contribution in [0.5, 0.6) is 0 Å². The lowest BCUT2D eigenvalue weighted by atomic mass is 10.2. The maximum atomic E-state index is 11.6. The van der Waals surface area contributed by atoms with E-state index in [0.29, 0.717) is 12.2 Å². The number of nitrogens with one attached hydrogen (secondary N) is 1. The largest absolute Gasteiger partial charge is 0.347 e. The molecule has 0 radical (unpaired) electrons. The fourth-order valence-corrected chi connectivity index (χ4v) is 1.33. The number of carbonyl (C=O) groups excluding carboxylic acids is 1. The third-order valence-corrected chi connectivity index (χ3v) is 2.54. The van der Waals surface area contributed by atoms with Crippen LogP contribution in [-0.2, 0) is 0 Å². The molecule has 1 amide bonds. The summed E-state index contributed by atoms with van der Waals surface area (Å²) >= 11 is 3.26. The molecule has 1 aromatic rings. The normalized spacial score (nSPS) is 12.2. The molecule has 5 heteroatoms. The summed E-state index contributed by atoms with van der Waals surface area (Å²) in [5.41, 5.74) is 5.90. The zero-order valence-corrected chi connectivity index (χ0v) is 10.1. The van der Waals surface area contributed by atoms with Crippen LogP contribution in [0, 0.1) is 0 Å². The first-order chi connectivity index (χ1) is 7.17. The zero-order valence-electron chi connectivity index (χ0n) is 8.53. The first-order valence-corrected chi connectivity index (χ1v) is 5.59. The molecule has 0 aliphatic heterocycles. The molecular formula is C10H14BrN3O. The van der Waals surface area contributed by atoms with Gasteiger partial charge in [-0.3, -0.25) is 4.79 Å². The van der Waals surface area contributed by atoms with Gasteiger partial charge in [0.15, 0.2) is 0 Å². The average molecular weight is 272 g/mol. The number of nitrogens with zero attached hydrogens (tertiary/aromatic N) is 1. The van der Waals surface area contributed by atoms with Crippen molar-refractivity contribution in [1.82, 2.24) is 10.3 Å². The molecule has 1 aromatic heterocycles. The van der Waals surface area contributed by atoms with Gasteiger partial charge in [0, 0.05) is 23.3 Å². The van der Waals surface area contributed by atoms with Crippen molar-refractivity contribution in [2.24, 2.45) is 5.73 Å². The van der Waals surface area contributed by atoms with Crippen molar-refractivity contribution in [2.75, 3.05) is 6.54 Å². The van der Waals surface area contributed by atoms with Crippen LogP contribution in [0.4, 0.5) is 0 Å². The minimum absolute atomic E-state index is 0.0166. The summed E-state index contributed by atoms with van der Waals surface area (Å²) in [5.74, 6) is -0.181. The van der Waals surface area contributed by atoms with Crippen molar-refractivity contribution < 1.29 is 4.79 Å². The van der Waals surface area contributed by atoms with Crippen LogP contribution in [0.1, 0.15) is 23.8 Å². The first kappa shape index (κ1) is 12.1. The number of hydrogen-bond acceptors (Lipinski definition) is 3. The molecule has 0 saturated carbocycles. The Balaban J connectivity index is 2.64. The van der Waals surface area contributed by atoms with Crippen molar-refractivity contribution >= 4 is 21.8 Å². The molecule has 82 valence electrons. The highest BCUT2D eigenvalue weighted by Gasteiger charge is 2.11. The number of aromatic nitrogens is 1. The lowest BCUT2D eigenvalue weighted by Gasteiger charge is -2.13. The Labute approximate surface area is 97.4 Å². The van der Waals surface area contributed by atoms with Gasteiger partial charge in [-0.2, -0.15) is 0 Å². The maximum absolute atomic E-state index is 11.6. The number of amides is 1. The van der Waals surface area contributed by atoms with E-state index < -0.39 is 0 Å². The van der Waals surface area contributed by atoms with Crippen LogP contribution in [0.3, 0.4) is 0 Å². The lowest BCUT2D eigenvalue weighted by molar-refractivity contribution is 0.0932. The molecule has 0 saturated heterocycles. The van der Waals surface area contributed by atoms with Crippen LogP contribution in [0.2, 0.25) is 0 Å². The van der Waals surface area contributed by atoms with Gasteiger partial charge in [-0.1, -0.05) is 6.92 Å². The summed E-state index contributed by atoms with van der Waals surface area (Å²) in [6.07, 6.45) is 2.41. The van der Waals surface area contributed by atoms with Crippen LogP contribution in [0.15, 0.2) is 22.8 Å². The minimum Gasteiger partial charge on any atom is -0.347 e. The Kier molecular flexibility index (Phi) is 4.71. The quantitative estimate of drug-likeness (QED) is 0.868. The van der Waals surface area contributed by atoms with E-state index in [-0.39, 0.29) is 11.9 Å². The van der Waals surface area contributed by atoms with Gasteiger partial charge in [-0.25, -0.2) is 4.98 Å². The Morgan fingerprint density at radius 3 is 2.87 bits per heavy atom. The van der Waals surface area contributed by atoms with Gasteiger partial charge in [0.25, 0.3) is 5.91 Å². The summed E-state index contributed by atoms with van der Waals surface area (Å²) in [6, 6.07) is 3.47. The third-order valence-electron chi connectivity index (χ3n) is 2.07. The number of rotatable bonds is 4. The minimum atomic E-state index is -0.181. The summed E-state index contributed by atoms with van der Waals surface area (Å²) in [7, 11) is 0. The molecule has 4 nitrogen and oxygen atoms in total. The predicted molar refractivity (Wildman–Crippen MR) is 62.5 cm³/mol. The molecule has 0 aromatic carbocycles. The van der Waals surface area contributed by atoms with Crippen molar-refractivity contribution in [3.63, 3.8) is 0 Å². The SMILES string of the molecule is CCC(CN)NC(=O)c1ccc(Br)cn1. The van der Waals surface area contributed by atoms with E-state index in [1.807, 2.05) is 6.92 Å². The fourth-order valence-electron chi connectivity index (χ4n) is 1.10. The fraction of sp³-hybridized carbons (Fsp3) is 0.400. The van der Waals surface area contributed by atoms with Gasteiger partial charge in [-0.15, -0.1) is 0 Å². The standard InChI is InChI=1S/C10H14BrN3O/c1-2-8(5-12)14-10(15)9-4-3-7(11)6-13-9/h3-4,6,8H,2,5,12H2,1H3,(H,14,15). The molecule has 3 N–H and O–H groups in total. The molecule has 1 atom stereocenters. The monoisotopic (exact) mass is 271 g/mol. The Morgan fingerprint density at radius 2 is 2.40 bits per heavy atom. The van der Waals surface area contributed by atoms with Crippen molar-refractivity contribution in [2.45, 2.75) is 19.4 Å². The average Bonchev–Trinajstić information content (AvgIpc) is 2.26. The second-order valence-corrected chi connectivity index (χ2v) is 4.09. The van der Waals surface area contributed by atoms with E-state index in [1.165, 1.54) is 0 Å². The molecule has 0 spiro atoms. The van der Waals surface area contributed by atoms with Crippen LogP contribution in [0.25, 0.3) is 0 Å². The van der Waals surface area contributed by atoms with E-state index in [2.05, 4.69) is 26.2 Å². The van der Waals surface area contributed by atoms with Gasteiger partial charge in [0.05, 0.1) is 0 Å². The van der Waals surface area contributed by atoms with Gasteiger partial charge < -0.3 is 11.1 Å². The van der Waals surface area contributed by atoms with Crippen LogP contribution in [-0.4, -0.2) is 23.5 Å². The number of halogens is 1. The predicted octanol–water partition coefficient (Wildman–Crippen LogP) is 1.31. The number of carbonyl (C=O) groups is 1. The third kappa shape index (κ3) is 3.60. The first-order valence-electron chi connectivity index (χ1n) is 4.79. The molecule has 0 aliphatic carbocycles. The number of hydrogen-bond donors (Lipinski definition) is 2. The molecule has 1 rings (SSSR count). The lowest BCUT2D eigenvalue weighted by Crippen LogP contribution is -2.39. The van der Waals surface area contributed by atoms with Crippen LogP contribution >= 0.6 is 15.9 Å². The van der Waals surface area contributed by atoms with Gasteiger partial charge in [-0.05, 0) is 34.5 Å². The van der Waals surface area contributed by atoms with E-state index >= 15 is 0 Å². The summed E-state index contributed by atoms with van der Waals surface area (Å²) in [5, 5.41) is 2.81. The van der Waals surface area contributed by atoms with E-state index in [0.717, 1.165) is 10.9 Å². The second-order valence-electron chi connectivity index (χ2n) is 3.18. The molecule has 15 heavy (non-hydrogen) atoms.